The number of aromatic nitrogens is 1. The molecular formula is C21H18F3N3O4S. The number of methoxy groups -OCH3 is 1. The molecule has 1 aromatic heterocycles. The number of pyridine rings is 1. The molecule has 0 bridgehead atoms. The average Bonchev–Trinajstić information content (AvgIpc) is 2.78. The van der Waals surface area contributed by atoms with Crippen LogP contribution in [0.4, 0.5) is 24.5 Å². The quantitative estimate of drug-likeness (QED) is 0.571. The van der Waals surface area contributed by atoms with Gasteiger partial charge in [-0.2, -0.15) is 13.2 Å². The summed E-state index contributed by atoms with van der Waals surface area (Å²) in [5.74, 6) is -0.255. The molecule has 1 N–H and O–H groups in total. The second-order valence-corrected chi connectivity index (χ2v) is 8.38. The first kappa shape index (κ1) is 23.1. The minimum absolute atomic E-state index is 0.0939. The van der Waals surface area contributed by atoms with Gasteiger partial charge in [-0.15, -0.1) is 0 Å². The highest BCUT2D eigenvalue weighted by Gasteiger charge is 2.30. The zero-order chi connectivity index (χ0) is 23.4. The number of halogens is 3. The number of rotatable bonds is 7. The summed E-state index contributed by atoms with van der Waals surface area (Å²) in [6, 6.07) is 12.6. The van der Waals surface area contributed by atoms with Crippen LogP contribution in [0.5, 0.6) is 5.75 Å². The first-order valence-corrected chi connectivity index (χ1v) is 10.6. The average molecular weight is 465 g/mol. The molecule has 168 valence electrons. The number of carbonyl (C=O) groups excluding carboxylic acids is 1. The number of amides is 1. The topological polar surface area (TPSA) is 88.6 Å². The van der Waals surface area contributed by atoms with Gasteiger partial charge < -0.3 is 10.1 Å². The van der Waals surface area contributed by atoms with Crippen LogP contribution in [0, 0.1) is 0 Å². The van der Waals surface area contributed by atoms with E-state index >= 15 is 0 Å². The molecule has 0 saturated heterocycles. The van der Waals surface area contributed by atoms with Gasteiger partial charge in [-0.25, -0.2) is 8.42 Å². The van der Waals surface area contributed by atoms with Gasteiger partial charge in [0, 0.05) is 18.1 Å². The largest absolute Gasteiger partial charge is 0.497 e. The third-order valence-electron chi connectivity index (χ3n) is 4.37. The summed E-state index contributed by atoms with van der Waals surface area (Å²) in [6.07, 6.45) is -1.95. The van der Waals surface area contributed by atoms with Crippen LogP contribution in [0.15, 0.2) is 78.0 Å². The van der Waals surface area contributed by atoms with E-state index in [1.807, 2.05) is 0 Å². The minimum Gasteiger partial charge on any atom is -0.497 e. The second-order valence-electron chi connectivity index (χ2n) is 6.52. The fraction of sp³-hybridized carbons (Fsp3) is 0.143. The molecule has 1 heterocycles. The molecule has 0 atom stereocenters. The van der Waals surface area contributed by atoms with Crippen molar-refractivity contribution < 1.29 is 31.1 Å². The number of alkyl halides is 3. The molecule has 0 unspecified atom stereocenters. The van der Waals surface area contributed by atoms with Crippen LogP contribution in [0.1, 0.15) is 5.56 Å². The zero-order valence-electron chi connectivity index (χ0n) is 16.7. The number of hydrogen-bond donors (Lipinski definition) is 1. The Morgan fingerprint density at radius 1 is 1.06 bits per heavy atom. The maximum atomic E-state index is 13.2. The monoisotopic (exact) mass is 465 g/mol. The molecule has 11 heteroatoms. The van der Waals surface area contributed by atoms with Crippen LogP contribution in [-0.4, -0.2) is 33.0 Å². The highest BCUT2D eigenvalue weighted by molar-refractivity contribution is 7.92. The van der Waals surface area contributed by atoms with Crippen molar-refractivity contribution in [1.29, 1.82) is 0 Å². The van der Waals surface area contributed by atoms with Gasteiger partial charge in [0.15, 0.2) is 0 Å². The van der Waals surface area contributed by atoms with E-state index in [0.29, 0.717) is 5.75 Å². The molecule has 0 spiro atoms. The van der Waals surface area contributed by atoms with Crippen molar-refractivity contribution in [3.05, 3.63) is 78.6 Å². The van der Waals surface area contributed by atoms with Gasteiger partial charge in [0.2, 0.25) is 5.91 Å². The van der Waals surface area contributed by atoms with Crippen molar-refractivity contribution >= 4 is 27.3 Å². The molecule has 3 aromatic rings. The van der Waals surface area contributed by atoms with Gasteiger partial charge in [0.1, 0.15) is 17.2 Å². The third kappa shape index (κ3) is 5.35. The number of carbonyl (C=O) groups is 1. The maximum Gasteiger partial charge on any atom is 0.416 e. The molecule has 0 radical (unpaired) electrons. The van der Waals surface area contributed by atoms with E-state index in [0.717, 1.165) is 34.8 Å². The van der Waals surface area contributed by atoms with Gasteiger partial charge in [-0.3, -0.25) is 14.1 Å². The van der Waals surface area contributed by atoms with Crippen LogP contribution >= 0.6 is 0 Å². The number of sulfonamides is 1. The number of benzene rings is 2. The van der Waals surface area contributed by atoms with Gasteiger partial charge in [-0.05, 0) is 60.7 Å². The Labute approximate surface area is 182 Å². The molecule has 0 aliphatic carbocycles. The Hall–Kier alpha value is -3.60. The molecule has 1 amide bonds. The summed E-state index contributed by atoms with van der Waals surface area (Å²) in [5, 5.41) is 2.41. The van der Waals surface area contributed by atoms with E-state index in [-0.39, 0.29) is 16.3 Å². The Balaban J connectivity index is 1.87. The standard InChI is InChI=1S/C21H18F3N3O4S/c1-31-18-10-8-17(9-11-18)27(32(29,30)19-3-2-12-25-13-19)14-20(28)26-16-6-4-15(5-7-16)21(22,23)24/h2-13H,14H2,1H3,(H,26,28). The predicted octanol–water partition coefficient (Wildman–Crippen LogP) is 3.94. The van der Waals surface area contributed by atoms with Gasteiger partial charge in [-0.1, -0.05) is 0 Å². The Morgan fingerprint density at radius 3 is 2.25 bits per heavy atom. The molecule has 32 heavy (non-hydrogen) atoms. The molecule has 3 rings (SSSR count). The predicted molar refractivity (Wildman–Crippen MR) is 112 cm³/mol. The zero-order valence-corrected chi connectivity index (χ0v) is 17.5. The lowest BCUT2D eigenvalue weighted by Crippen LogP contribution is -2.38. The molecule has 0 aliphatic heterocycles. The molecule has 7 nitrogen and oxygen atoms in total. The smallest absolute Gasteiger partial charge is 0.416 e. The van der Waals surface area contributed by atoms with Crippen molar-refractivity contribution in [3.63, 3.8) is 0 Å². The van der Waals surface area contributed by atoms with Crippen molar-refractivity contribution in [2.24, 2.45) is 0 Å². The van der Waals surface area contributed by atoms with Gasteiger partial charge in [0.05, 0.1) is 18.4 Å². The molecule has 0 saturated carbocycles. The number of anilines is 2. The lowest BCUT2D eigenvalue weighted by atomic mass is 10.2. The lowest BCUT2D eigenvalue weighted by Gasteiger charge is -2.24. The van der Waals surface area contributed by atoms with Crippen LogP contribution in [-0.2, 0) is 21.0 Å². The highest BCUT2D eigenvalue weighted by Crippen LogP contribution is 2.30. The first-order valence-electron chi connectivity index (χ1n) is 9.15. The Morgan fingerprint density at radius 2 is 1.72 bits per heavy atom. The Bertz CT molecular complexity index is 1170. The van der Waals surface area contributed by atoms with E-state index in [9.17, 15) is 26.4 Å². The molecule has 2 aromatic carbocycles. The normalized spacial score (nSPS) is 11.6. The van der Waals surface area contributed by atoms with Crippen LogP contribution in [0.2, 0.25) is 0 Å². The fourth-order valence-corrected chi connectivity index (χ4v) is 4.15. The van der Waals surface area contributed by atoms with Crippen LogP contribution in [0.25, 0.3) is 0 Å². The summed E-state index contributed by atoms with van der Waals surface area (Å²) in [4.78, 5) is 16.3. The summed E-state index contributed by atoms with van der Waals surface area (Å²) in [6.45, 7) is -0.620. The number of ether oxygens (including phenoxy) is 1. The van der Waals surface area contributed by atoms with E-state index in [2.05, 4.69) is 10.3 Å². The second kappa shape index (κ2) is 9.27. The van der Waals surface area contributed by atoms with E-state index < -0.39 is 34.2 Å². The van der Waals surface area contributed by atoms with Crippen molar-refractivity contribution in [2.75, 3.05) is 23.3 Å². The Kier molecular flexibility index (Phi) is 6.68. The number of nitrogens with one attached hydrogen (secondary N) is 1. The first-order chi connectivity index (χ1) is 15.1. The number of nitrogens with zero attached hydrogens (tertiary/aromatic N) is 2. The summed E-state index contributed by atoms with van der Waals surface area (Å²) < 4.78 is 70.5. The maximum absolute atomic E-state index is 13.2. The van der Waals surface area contributed by atoms with Crippen molar-refractivity contribution in [2.45, 2.75) is 11.1 Å². The highest BCUT2D eigenvalue weighted by atomic mass is 32.2. The van der Waals surface area contributed by atoms with Gasteiger partial charge in [0.25, 0.3) is 10.0 Å². The van der Waals surface area contributed by atoms with Crippen molar-refractivity contribution in [1.82, 2.24) is 4.98 Å². The SMILES string of the molecule is COc1ccc(N(CC(=O)Nc2ccc(C(F)(F)F)cc2)S(=O)(=O)c2cccnc2)cc1. The number of hydrogen-bond acceptors (Lipinski definition) is 5. The van der Waals surface area contributed by atoms with Gasteiger partial charge >= 0.3 is 6.18 Å². The molecular weight excluding hydrogens is 447 g/mol. The third-order valence-corrected chi connectivity index (χ3v) is 6.12. The van der Waals surface area contributed by atoms with E-state index in [1.165, 1.54) is 49.7 Å². The summed E-state index contributed by atoms with van der Waals surface area (Å²) in [5.41, 5.74) is -0.580. The summed E-state index contributed by atoms with van der Waals surface area (Å²) >= 11 is 0. The van der Waals surface area contributed by atoms with Crippen LogP contribution < -0.4 is 14.4 Å². The lowest BCUT2D eigenvalue weighted by molar-refractivity contribution is -0.137. The summed E-state index contributed by atoms with van der Waals surface area (Å²) in [7, 11) is -2.71. The van der Waals surface area contributed by atoms with Crippen molar-refractivity contribution in [3.8, 4) is 5.75 Å². The van der Waals surface area contributed by atoms with E-state index in [1.54, 1.807) is 0 Å². The van der Waals surface area contributed by atoms with E-state index in [4.69, 9.17) is 4.74 Å². The molecule has 0 fully saturated rings. The molecule has 0 aliphatic rings. The van der Waals surface area contributed by atoms with Crippen LogP contribution in [0.3, 0.4) is 0 Å². The minimum atomic E-state index is -4.51. The fourth-order valence-electron chi connectivity index (χ4n) is 2.76.